The second kappa shape index (κ2) is 4.96. The largest absolute Gasteiger partial charge is 0.478 e. The van der Waals surface area contributed by atoms with Gasteiger partial charge in [0.05, 0.1) is 6.61 Å². The lowest BCUT2D eigenvalue weighted by Crippen LogP contribution is -2.05. The van der Waals surface area contributed by atoms with Gasteiger partial charge in [-0.15, -0.1) is 0 Å². The fraction of sp³-hybridized carbons (Fsp3) is 0.636. The summed E-state index contributed by atoms with van der Waals surface area (Å²) in [6, 6.07) is 1.80. The summed E-state index contributed by atoms with van der Waals surface area (Å²) in [4.78, 5) is 8.32. The van der Waals surface area contributed by atoms with Crippen molar-refractivity contribution in [2.45, 2.75) is 26.2 Å². The molecule has 2 rings (SSSR count). The van der Waals surface area contributed by atoms with Crippen molar-refractivity contribution >= 4 is 5.95 Å². The van der Waals surface area contributed by atoms with Crippen LogP contribution in [-0.2, 0) is 0 Å². The van der Waals surface area contributed by atoms with Gasteiger partial charge in [0.15, 0.2) is 0 Å². The van der Waals surface area contributed by atoms with Crippen molar-refractivity contribution in [1.82, 2.24) is 9.97 Å². The van der Waals surface area contributed by atoms with Crippen LogP contribution in [0.4, 0.5) is 5.95 Å². The Morgan fingerprint density at radius 2 is 2.40 bits per heavy atom. The van der Waals surface area contributed by atoms with E-state index in [0.29, 0.717) is 11.8 Å². The molecule has 0 saturated heterocycles. The third-order valence-electron chi connectivity index (χ3n) is 2.44. The second-order valence-electron chi connectivity index (χ2n) is 3.83. The van der Waals surface area contributed by atoms with Gasteiger partial charge in [-0.25, -0.2) is 4.98 Å². The minimum atomic E-state index is 0.640. The molecule has 0 radical (unpaired) electrons. The van der Waals surface area contributed by atoms with Gasteiger partial charge >= 0.3 is 0 Å². The highest BCUT2D eigenvalue weighted by Gasteiger charge is 2.20. The maximum atomic E-state index is 5.55. The molecular formula is C11H17N3O. The summed E-state index contributed by atoms with van der Waals surface area (Å²) in [5, 5.41) is 3.06. The minimum absolute atomic E-state index is 0.640. The first-order valence-corrected chi connectivity index (χ1v) is 5.58. The summed E-state index contributed by atoms with van der Waals surface area (Å²) in [7, 11) is 0. The van der Waals surface area contributed by atoms with Crippen LogP contribution < -0.4 is 10.1 Å². The molecular weight excluding hydrogens is 190 g/mol. The smallest absolute Gasteiger partial charge is 0.225 e. The molecule has 4 heteroatoms. The average Bonchev–Trinajstić information content (AvgIpc) is 3.03. The van der Waals surface area contributed by atoms with E-state index >= 15 is 0 Å². The Bertz CT molecular complexity index is 312. The first kappa shape index (κ1) is 10.2. The average molecular weight is 207 g/mol. The van der Waals surface area contributed by atoms with Crippen molar-refractivity contribution in [3.8, 4) is 5.88 Å². The SMILES string of the molecule is CCNc1nccc(OCCC2CC2)n1. The van der Waals surface area contributed by atoms with Gasteiger partial charge in [-0.1, -0.05) is 12.8 Å². The highest BCUT2D eigenvalue weighted by Crippen LogP contribution is 2.32. The Labute approximate surface area is 90.1 Å². The molecule has 4 nitrogen and oxygen atoms in total. The lowest BCUT2D eigenvalue weighted by atomic mass is 10.3. The first-order chi connectivity index (χ1) is 7.38. The molecule has 0 aromatic carbocycles. The molecule has 1 aliphatic rings. The third kappa shape index (κ3) is 3.38. The van der Waals surface area contributed by atoms with Crippen LogP contribution in [0.1, 0.15) is 26.2 Å². The molecule has 82 valence electrons. The molecule has 1 heterocycles. The van der Waals surface area contributed by atoms with Crippen molar-refractivity contribution in [3.63, 3.8) is 0 Å². The molecule has 0 atom stereocenters. The van der Waals surface area contributed by atoms with E-state index in [1.54, 1.807) is 12.3 Å². The van der Waals surface area contributed by atoms with Crippen LogP contribution in [0.25, 0.3) is 0 Å². The Morgan fingerprint density at radius 1 is 1.53 bits per heavy atom. The molecule has 1 aliphatic carbocycles. The maximum Gasteiger partial charge on any atom is 0.225 e. The molecule has 1 aromatic rings. The molecule has 1 aromatic heterocycles. The minimum Gasteiger partial charge on any atom is -0.478 e. The highest BCUT2D eigenvalue weighted by molar-refractivity contribution is 5.26. The zero-order chi connectivity index (χ0) is 10.5. The van der Waals surface area contributed by atoms with Crippen LogP contribution in [0, 0.1) is 5.92 Å². The number of anilines is 1. The number of hydrogen-bond donors (Lipinski definition) is 1. The second-order valence-corrected chi connectivity index (χ2v) is 3.83. The number of aromatic nitrogens is 2. The van der Waals surface area contributed by atoms with Crippen LogP contribution in [-0.4, -0.2) is 23.1 Å². The number of hydrogen-bond acceptors (Lipinski definition) is 4. The van der Waals surface area contributed by atoms with E-state index in [9.17, 15) is 0 Å². The van der Waals surface area contributed by atoms with E-state index in [0.717, 1.165) is 25.5 Å². The van der Waals surface area contributed by atoms with E-state index < -0.39 is 0 Å². The van der Waals surface area contributed by atoms with Crippen LogP contribution in [0.2, 0.25) is 0 Å². The van der Waals surface area contributed by atoms with E-state index in [1.807, 2.05) is 6.92 Å². The van der Waals surface area contributed by atoms with Crippen molar-refractivity contribution < 1.29 is 4.74 Å². The Balaban J connectivity index is 1.80. The summed E-state index contributed by atoms with van der Waals surface area (Å²) < 4.78 is 5.55. The van der Waals surface area contributed by atoms with Gasteiger partial charge < -0.3 is 10.1 Å². The fourth-order valence-electron chi connectivity index (χ4n) is 1.40. The Hall–Kier alpha value is -1.32. The topological polar surface area (TPSA) is 47.0 Å². The molecule has 1 fully saturated rings. The lowest BCUT2D eigenvalue weighted by molar-refractivity contribution is 0.291. The quantitative estimate of drug-likeness (QED) is 0.776. The van der Waals surface area contributed by atoms with Gasteiger partial charge in [-0.3, -0.25) is 0 Å². The third-order valence-corrected chi connectivity index (χ3v) is 2.44. The zero-order valence-electron chi connectivity index (χ0n) is 9.07. The van der Waals surface area contributed by atoms with Crippen LogP contribution in [0.15, 0.2) is 12.3 Å². The summed E-state index contributed by atoms with van der Waals surface area (Å²) in [6.07, 6.45) is 5.61. The molecule has 1 saturated carbocycles. The Morgan fingerprint density at radius 3 is 3.13 bits per heavy atom. The summed E-state index contributed by atoms with van der Waals surface area (Å²) in [5.41, 5.74) is 0. The zero-order valence-corrected chi connectivity index (χ0v) is 9.07. The van der Waals surface area contributed by atoms with Crippen molar-refractivity contribution in [2.75, 3.05) is 18.5 Å². The van der Waals surface area contributed by atoms with Crippen LogP contribution >= 0.6 is 0 Å². The van der Waals surface area contributed by atoms with Crippen molar-refractivity contribution in [3.05, 3.63) is 12.3 Å². The van der Waals surface area contributed by atoms with Gasteiger partial charge in [-0.05, 0) is 19.3 Å². The van der Waals surface area contributed by atoms with Crippen LogP contribution in [0.5, 0.6) is 5.88 Å². The highest BCUT2D eigenvalue weighted by atomic mass is 16.5. The normalized spacial score (nSPS) is 15.0. The standard InChI is InChI=1S/C11H17N3O/c1-2-12-11-13-7-5-10(14-11)15-8-6-9-3-4-9/h5,7,9H,2-4,6,8H2,1H3,(H,12,13,14). The number of rotatable bonds is 6. The van der Waals surface area contributed by atoms with E-state index in [2.05, 4.69) is 15.3 Å². The van der Waals surface area contributed by atoms with Crippen LogP contribution in [0.3, 0.4) is 0 Å². The Kier molecular flexibility index (Phi) is 3.37. The number of nitrogens with zero attached hydrogens (tertiary/aromatic N) is 2. The lowest BCUT2D eigenvalue weighted by Gasteiger charge is -2.06. The molecule has 0 amide bonds. The van der Waals surface area contributed by atoms with Gasteiger partial charge in [0.1, 0.15) is 0 Å². The molecule has 0 spiro atoms. The molecule has 0 bridgehead atoms. The van der Waals surface area contributed by atoms with E-state index in [-0.39, 0.29) is 0 Å². The van der Waals surface area contributed by atoms with Crippen molar-refractivity contribution in [1.29, 1.82) is 0 Å². The number of ether oxygens (including phenoxy) is 1. The monoisotopic (exact) mass is 207 g/mol. The van der Waals surface area contributed by atoms with Gasteiger partial charge in [0.25, 0.3) is 0 Å². The first-order valence-electron chi connectivity index (χ1n) is 5.58. The predicted octanol–water partition coefficient (Wildman–Crippen LogP) is 2.09. The van der Waals surface area contributed by atoms with Gasteiger partial charge in [0.2, 0.25) is 11.8 Å². The van der Waals surface area contributed by atoms with Gasteiger partial charge in [-0.2, -0.15) is 4.98 Å². The summed E-state index contributed by atoms with van der Waals surface area (Å²) in [5.74, 6) is 2.21. The summed E-state index contributed by atoms with van der Waals surface area (Å²) >= 11 is 0. The number of nitrogens with one attached hydrogen (secondary N) is 1. The molecule has 0 aliphatic heterocycles. The predicted molar refractivity (Wildman–Crippen MR) is 59.0 cm³/mol. The van der Waals surface area contributed by atoms with Crippen molar-refractivity contribution in [2.24, 2.45) is 5.92 Å². The molecule has 15 heavy (non-hydrogen) atoms. The maximum absolute atomic E-state index is 5.55. The fourth-order valence-corrected chi connectivity index (χ4v) is 1.40. The van der Waals surface area contributed by atoms with Gasteiger partial charge in [0, 0.05) is 18.8 Å². The summed E-state index contributed by atoms with van der Waals surface area (Å²) in [6.45, 7) is 3.61. The van der Waals surface area contributed by atoms with E-state index in [4.69, 9.17) is 4.74 Å². The molecule has 0 unspecified atom stereocenters. The molecule has 1 N–H and O–H groups in total. The van der Waals surface area contributed by atoms with E-state index in [1.165, 1.54) is 12.8 Å².